The molecule has 186 valence electrons. The van der Waals surface area contributed by atoms with E-state index < -0.39 is 28.5 Å². The molecule has 0 aliphatic heterocycles. The lowest BCUT2D eigenvalue weighted by Crippen LogP contribution is -2.51. The Kier molecular flexibility index (Phi) is 10.2. The van der Waals surface area contributed by atoms with Crippen molar-refractivity contribution in [2.24, 2.45) is 0 Å². The van der Waals surface area contributed by atoms with E-state index in [1.54, 1.807) is 44.4 Å². The summed E-state index contributed by atoms with van der Waals surface area (Å²) >= 11 is 5.93. The summed E-state index contributed by atoms with van der Waals surface area (Å²) in [5.74, 6) is -0.202. The molecule has 0 aromatic heterocycles. The van der Waals surface area contributed by atoms with Crippen LogP contribution in [0.15, 0.2) is 48.5 Å². The van der Waals surface area contributed by atoms with Gasteiger partial charge in [0.25, 0.3) is 0 Å². The maximum absolute atomic E-state index is 13.5. The van der Waals surface area contributed by atoms with Crippen LogP contribution in [0.4, 0.5) is 5.69 Å². The van der Waals surface area contributed by atoms with Crippen LogP contribution >= 0.6 is 11.6 Å². The van der Waals surface area contributed by atoms with E-state index in [-0.39, 0.29) is 12.5 Å². The summed E-state index contributed by atoms with van der Waals surface area (Å²) in [4.78, 5) is 27.6. The highest BCUT2D eigenvalue weighted by atomic mass is 35.5. The van der Waals surface area contributed by atoms with Crippen molar-refractivity contribution in [2.45, 2.75) is 39.3 Å². The topological polar surface area (TPSA) is 96.0 Å². The lowest BCUT2D eigenvalue weighted by Gasteiger charge is -2.31. The van der Waals surface area contributed by atoms with Gasteiger partial charge in [-0.05, 0) is 55.3 Å². The smallest absolute Gasteiger partial charge is 0.244 e. The van der Waals surface area contributed by atoms with E-state index in [1.807, 2.05) is 13.0 Å². The molecule has 0 bridgehead atoms. The number of unbranched alkanes of at least 4 members (excludes halogenated alkanes) is 1. The van der Waals surface area contributed by atoms with Gasteiger partial charge < -0.3 is 15.0 Å². The van der Waals surface area contributed by atoms with Gasteiger partial charge in [-0.3, -0.25) is 13.9 Å². The highest BCUT2D eigenvalue weighted by Gasteiger charge is 2.30. The number of sulfonamides is 1. The van der Waals surface area contributed by atoms with Gasteiger partial charge in [0.15, 0.2) is 0 Å². The van der Waals surface area contributed by atoms with Gasteiger partial charge in [-0.2, -0.15) is 0 Å². The first-order valence-electron chi connectivity index (χ1n) is 11.0. The normalized spacial score (nSPS) is 12.0. The number of hydrogen-bond acceptors (Lipinski definition) is 5. The lowest BCUT2D eigenvalue weighted by atomic mass is 10.1. The third-order valence-corrected chi connectivity index (χ3v) is 6.67. The molecule has 2 rings (SSSR count). The van der Waals surface area contributed by atoms with Crippen molar-refractivity contribution in [1.82, 2.24) is 10.2 Å². The minimum Gasteiger partial charge on any atom is -0.497 e. The predicted octanol–water partition coefficient (Wildman–Crippen LogP) is 3.45. The Morgan fingerprint density at radius 1 is 1.15 bits per heavy atom. The van der Waals surface area contributed by atoms with Crippen molar-refractivity contribution in [3.8, 4) is 5.75 Å². The molecule has 0 saturated carbocycles. The first-order chi connectivity index (χ1) is 16.1. The van der Waals surface area contributed by atoms with Gasteiger partial charge in [-0.1, -0.05) is 37.1 Å². The van der Waals surface area contributed by atoms with Gasteiger partial charge in [-0.15, -0.1) is 0 Å². The first kappa shape index (κ1) is 27.5. The minimum absolute atomic E-state index is 0.108. The molecule has 0 heterocycles. The van der Waals surface area contributed by atoms with Gasteiger partial charge >= 0.3 is 0 Å². The Hall–Kier alpha value is -2.78. The van der Waals surface area contributed by atoms with Crippen molar-refractivity contribution in [3.63, 3.8) is 0 Å². The van der Waals surface area contributed by atoms with Crippen molar-refractivity contribution in [1.29, 1.82) is 0 Å². The fourth-order valence-corrected chi connectivity index (χ4v) is 4.28. The van der Waals surface area contributed by atoms with Crippen LogP contribution in [0, 0.1) is 0 Å². The van der Waals surface area contributed by atoms with Gasteiger partial charge in [-0.25, -0.2) is 8.42 Å². The van der Waals surface area contributed by atoms with E-state index in [9.17, 15) is 18.0 Å². The third kappa shape index (κ3) is 7.92. The molecule has 0 spiro atoms. The number of benzene rings is 2. The Labute approximate surface area is 206 Å². The van der Waals surface area contributed by atoms with Crippen molar-refractivity contribution >= 4 is 39.1 Å². The Bertz CT molecular complexity index is 1080. The van der Waals surface area contributed by atoms with E-state index in [4.69, 9.17) is 16.3 Å². The van der Waals surface area contributed by atoms with E-state index >= 15 is 0 Å². The summed E-state index contributed by atoms with van der Waals surface area (Å²) in [6.45, 7) is 3.80. The van der Waals surface area contributed by atoms with E-state index in [0.717, 1.165) is 29.0 Å². The predicted molar refractivity (Wildman–Crippen MR) is 135 cm³/mol. The van der Waals surface area contributed by atoms with E-state index in [1.165, 1.54) is 17.0 Å². The number of methoxy groups -OCH3 is 1. The highest BCUT2D eigenvalue weighted by Crippen LogP contribution is 2.22. The Morgan fingerprint density at radius 3 is 2.41 bits per heavy atom. The zero-order valence-electron chi connectivity index (χ0n) is 20.0. The van der Waals surface area contributed by atoms with Crippen LogP contribution in [-0.4, -0.2) is 57.6 Å². The number of ether oxygens (including phenoxy) is 1. The lowest BCUT2D eigenvalue weighted by molar-refractivity contribution is -0.139. The molecule has 0 fully saturated rings. The first-order valence-corrected chi connectivity index (χ1v) is 13.2. The highest BCUT2D eigenvalue weighted by molar-refractivity contribution is 7.92. The molecule has 2 aromatic rings. The number of anilines is 1. The molecule has 0 unspecified atom stereocenters. The second kappa shape index (κ2) is 12.6. The van der Waals surface area contributed by atoms with Crippen LogP contribution in [0.1, 0.15) is 32.3 Å². The molecule has 0 saturated heterocycles. The molecular weight excluding hydrogens is 478 g/mol. The summed E-state index contributed by atoms with van der Waals surface area (Å²) in [6.07, 6.45) is 2.77. The van der Waals surface area contributed by atoms with Crippen LogP contribution in [0.3, 0.4) is 0 Å². The number of amides is 2. The van der Waals surface area contributed by atoms with Crippen LogP contribution < -0.4 is 14.4 Å². The molecule has 1 N–H and O–H groups in total. The number of nitrogens with one attached hydrogen (secondary N) is 1. The molecule has 10 heteroatoms. The summed E-state index contributed by atoms with van der Waals surface area (Å²) in [6, 6.07) is 12.5. The van der Waals surface area contributed by atoms with Gasteiger partial charge in [0, 0.05) is 18.1 Å². The van der Waals surface area contributed by atoms with E-state index in [2.05, 4.69) is 5.32 Å². The zero-order chi connectivity index (χ0) is 25.3. The second-order valence-corrected chi connectivity index (χ2v) is 10.3. The van der Waals surface area contributed by atoms with Crippen molar-refractivity contribution in [2.75, 3.05) is 30.8 Å². The standard InChI is InChI=1S/C24H32ClN3O5S/c1-5-6-14-26-24(30)18(2)27(16-19-8-7-9-22(15-19)33-3)23(29)17-28(34(4,31)32)21-12-10-20(25)11-13-21/h7-13,15,18H,5-6,14,16-17H2,1-4H3,(H,26,30)/t18-/m0/s1. The third-order valence-electron chi connectivity index (χ3n) is 5.28. The molecule has 1 atom stereocenters. The molecule has 0 radical (unpaired) electrons. The number of rotatable bonds is 12. The molecule has 0 aliphatic rings. The Balaban J connectivity index is 2.35. The summed E-state index contributed by atoms with van der Waals surface area (Å²) in [5, 5.41) is 3.29. The summed E-state index contributed by atoms with van der Waals surface area (Å²) < 4.78 is 31.3. The van der Waals surface area contributed by atoms with Crippen molar-refractivity contribution in [3.05, 3.63) is 59.1 Å². The van der Waals surface area contributed by atoms with Crippen LogP contribution in [0.2, 0.25) is 5.02 Å². The maximum atomic E-state index is 13.5. The fourth-order valence-electron chi connectivity index (χ4n) is 3.31. The molecular formula is C24H32ClN3O5S. The number of hydrogen-bond donors (Lipinski definition) is 1. The number of carbonyl (C=O) groups is 2. The molecule has 34 heavy (non-hydrogen) atoms. The quantitative estimate of drug-likeness (QED) is 0.442. The fraction of sp³-hybridized carbons (Fsp3) is 0.417. The van der Waals surface area contributed by atoms with Crippen LogP contribution in [0.5, 0.6) is 5.75 Å². The van der Waals surface area contributed by atoms with Gasteiger partial charge in [0.1, 0.15) is 18.3 Å². The monoisotopic (exact) mass is 509 g/mol. The SMILES string of the molecule is CCCCNC(=O)[C@H](C)N(Cc1cccc(OC)c1)C(=O)CN(c1ccc(Cl)cc1)S(C)(=O)=O. The van der Waals surface area contributed by atoms with Crippen LogP contribution in [-0.2, 0) is 26.2 Å². The minimum atomic E-state index is -3.78. The van der Waals surface area contributed by atoms with Gasteiger partial charge in [0.2, 0.25) is 21.8 Å². The second-order valence-electron chi connectivity index (χ2n) is 7.94. The number of carbonyl (C=O) groups excluding carboxylic acids is 2. The Morgan fingerprint density at radius 2 is 1.82 bits per heavy atom. The zero-order valence-corrected chi connectivity index (χ0v) is 21.5. The average molecular weight is 510 g/mol. The largest absolute Gasteiger partial charge is 0.497 e. The van der Waals surface area contributed by atoms with Crippen LogP contribution in [0.25, 0.3) is 0 Å². The summed E-state index contributed by atoms with van der Waals surface area (Å²) in [5.41, 5.74) is 1.06. The molecule has 0 aliphatic carbocycles. The molecule has 8 nitrogen and oxygen atoms in total. The number of nitrogens with zero attached hydrogens (tertiary/aromatic N) is 2. The maximum Gasteiger partial charge on any atom is 0.244 e. The van der Waals surface area contributed by atoms with E-state index in [0.29, 0.717) is 23.0 Å². The van der Waals surface area contributed by atoms with Gasteiger partial charge in [0.05, 0.1) is 19.1 Å². The molecule has 2 amide bonds. The van der Waals surface area contributed by atoms with Crippen molar-refractivity contribution < 1.29 is 22.7 Å². The summed E-state index contributed by atoms with van der Waals surface area (Å²) in [7, 11) is -2.24. The average Bonchev–Trinajstić information content (AvgIpc) is 2.80. The molecule has 2 aromatic carbocycles. The number of halogens is 1.